The van der Waals surface area contributed by atoms with Crippen molar-refractivity contribution >= 4 is 11.9 Å². The summed E-state index contributed by atoms with van der Waals surface area (Å²) < 4.78 is 17.6. The van der Waals surface area contributed by atoms with Gasteiger partial charge in [0.1, 0.15) is 12.1 Å². The lowest BCUT2D eigenvalue weighted by Gasteiger charge is -2.38. The standard InChI is InChI=1S/C16H24FNO3/c1-10(18-13(19)6-8-17)14(20)21-12-9-11-5-7-16(12,4)15(11,2)3/h6,8,10-12H,5,7,9H2,1-4H3,(H,18,19)/t10-,11?,12?,16?/m0/s1. The molecule has 3 unspecified atom stereocenters. The van der Waals surface area contributed by atoms with Crippen molar-refractivity contribution in [2.24, 2.45) is 16.7 Å². The summed E-state index contributed by atoms with van der Waals surface area (Å²) in [5.41, 5.74) is 0.164. The summed E-state index contributed by atoms with van der Waals surface area (Å²) in [5, 5.41) is 2.39. The number of rotatable bonds is 4. The zero-order valence-corrected chi connectivity index (χ0v) is 13.1. The van der Waals surface area contributed by atoms with Crippen LogP contribution >= 0.6 is 0 Å². The van der Waals surface area contributed by atoms with Crippen LogP contribution in [0.5, 0.6) is 0 Å². The van der Waals surface area contributed by atoms with E-state index in [0.717, 1.165) is 18.9 Å². The molecule has 4 nitrogen and oxygen atoms in total. The van der Waals surface area contributed by atoms with Crippen LogP contribution in [0.4, 0.5) is 4.39 Å². The summed E-state index contributed by atoms with van der Waals surface area (Å²) in [7, 11) is 0. The van der Waals surface area contributed by atoms with Gasteiger partial charge >= 0.3 is 5.97 Å². The fourth-order valence-corrected chi connectivity index (χ4v) is 3.93. The second-order valence-corrected chi connectivity index (χ2v) is 7.06. The maximum Gasteiger partial charge on any atom is 0.328 e. The number of hydrogen-bond donors (Lipinski definition) is 1. The first kappa shape index (κ1) is 16.0. The number of carbonyl (C=O) groups excluding carboxylic acids is 2. The van der Waals surface area contributed by atoms with Gasteiger partial charge in [-0.15, -0.1) is 0 Å². The molecule has 2 fully saturated rings. The predicted molar refractivity (Wildman–Crippen MR) is 77.0 cm³/mol. The molecule has 2 rings (SSSR count). The topological polar surface area (TPSA) is 55.4 Å². The van der Waals surface area contributed by atoms with Crippen molar-refractivity contribution in [2.75, 3.05) is 0 Å². The number of nitrogens with one attached hydrogen (secondary N) is 1. The van der Waals surface area contributed by atoms with Crippen LogP contribution in [0.1, 0.15) is 47.0 Å². The average molecular weight is 297 g/mol. The minimum atomic E-state index is -0.778. The third-order valence-electron chi connectivity index (χ3n) is 5.90. The molecule has 1 amide bonds. The van der Waals surface area contributed by atoms with E-state index in [9.17, 15) is 14.0 Å². The zero-order valence-electron chi connectivity index (χ0n) is 13.1. The van der Waals surface area contributed by atoms with Gasteiger partial charge in [-0.1, -0.05) is 20.8 Å². The number of amides is 1. The highest BCUT2D eigenvalue weighted by molar-refractivity contribution is 5.91. The van der Waals surface area contributed by atoms with Gasteiger partial charge in [0.2, 0.25) is 5.91 Å². The molecule has 21 heavy (non-hydrogen) atoms. The molecule has 2 bridgehead atoms. The van der Waals surface area contributed by atoms with Gasteiger partial charge < -0.3 is 10.1 Å². The van der Waals surface area contributed by atoms with Crippen molar-refractivity contribution in [2.45, 2.75) is 59.1 Å². The molecule has 0 aromatic carbocycles. The van der Waals surface area contributed by atoms with Crippen molar-refractivity contribution in [3.63, 3.8) is 0 Å². The van der Waals surface area contributed by atoms with E-state index in [2.05, 4.69) is 26.1 Å². The van der Waals surface area contributed by atoms with Gasteiger partial charge in [-0.05, 0) is 37.5 Å². The molecule has 0 aromatic heterocycles. The number of ether oxygens (including phenoxy) is 1. The minimum Gasteiger partial charge on any atom is -0.460 e. The van der Waals surface area contributed by atoms with Crippen LogP contribution in [0.15, 0.2) is 12.4 Å². The van der Waals surface area contributed by atoms with Gasteiger partial charge in [0.15, 0.2) is 0 Å². The first-order valence-electron chi connectivity index (χ1n) is 7.50. The van der Waals surface area contributed by atoms with Crippen molar-refractivity contribution in [1.82, 2.24) is 5.32 Å². The summed E-state index contributed by atoms with van der Waals surface area (Å²) in [5.74, 6) is -0.508. The Morgan fingerprint density at radius 3 is 2.52 bits per heavy atom. The highest BCUT2D eigenvalue weighted by Crippen LogP contribution is 2.66. The van der Waals surface area contributed by atoms with Crippen molar-refractivity contribution < 1.29 is 18.7 Å². The fourth-order valence-electron chi connectivity index (χ4n) is 3.93. The second kappa shape index (κ2) is 5.43. The quantitative estimate of drug-likeness (QED) is 0.641. The highest BCUT2D eigenvalue weighted by Gasteiger charge is 2.62. The molecule has 0 aromatic rings. The molecular weight excluding hydrogens is 273 g/mol. The second-order valence-electron chi connectivity index (χ2n) is 7.06. The molecule has 0 saturated heterocycles. The molecule has 0 heterocycles. The summed E-state index contributed by atoms with van der Waals surface area (Å²) in [6.45, 7) is 8.23. The molecule has 2 saturated carbocycles. The van der Waals surface area contributed by atoms with E-state index in [-0.39, 0.29) is 23.3 Å². The van der Waals surface area contributed by atoms with Crippen LogP contribution in [0.25, 0.3) is 0 Å². The number of esters is 1. The maximum absolute atomic E-state index is 12.1. The number of fused-ring (bicyclic) bond motifs is 2. The minimum absolute atomic E-state index is 0.00407. The number of carbonyl (C=O) groups is 2. The van der Waals surface area contributed by atoms with Crippen molar-refractivity contribution in [1.29, 1.82) is 0 Å². The Balaban J connectivity index is 1.97. The highest BCUT2D eigenvalue weighted by atomic mass is 19.1. The van der Waals surface area contributed by atoms with Gasteiger partial charge in [0.25, 0.3) is 0 Å². The van der Waals surface area contributed by atoms with E-state index in [1.165, 1.54) is 6.42 Å². The van der Waals surface area contributed by atoms with Gasteiger partial charge in [-0.25, -0.2) is 9.18 Å². The van der Waals surface area contributed by atoms with Crippen LogP contribution in [-0.4, -0.2) is 24.0 Å². The Morgan fingerprint density at radius 1 is 1.38 bits per heavy atom. The lowest BCUT2D eigenvalue weighted by molar-refractivity contribution is -0.159. The zero-order chi connectivity index (χ0) is 15.8. The van der Waals surface area contributed by atoms with E-state index in [1.807, 2.05) is 0 Å². The Hall–Kier alpha value is -1.39. The van der Waals surface area contributed by atoms with E-state index in [1.54, 1.807) is 6.92 Å². The Kier molecular flexibility index (Phi) is 4.13. The van der Waals surface area contributed by atoms with Crippen LogP contribution in [0.3, 0.4) is 0 Å². The number of halogens is 1. The predicted octanol–water partition coefficient (Wildman–Crippen LogP) is 2.73. The molecule has 118 valence electrons. The smallest absolute Gasteiger partial charge is 0.328 e. The largest absolute Gasteiger partial charge is 0.460 e. The van der Waals surface area contributed by atoms with E-state index >= 15 is 0 Å². The molecule has 1 N–H and O–H groups in total. The van der Waals surface area contributed by atoms with Gasteiger partial charge in [-0.3, -0.25) is 4.79 Å². The molecule has 4 atom stereocenters. The molecule has 0 spiro atoms. The lowest BCUT2D eigenvalue weighted by atomic mass is 9.70. The Labute approximate surface area is 125 Å². The Bertz CT molecular complexity index is 474. The molecule has 2 aliphatic carbocycles. The monoisotopic (exact) mass is 297 g/mol. The van der Waals surface area contributed by atoms with E-state index < -0.39 is 17.9 Å². The van der Waals surface area contributed by atoms with Gasteiger partial charge in [0, 0.05) is 11.5 Å². The summed E-state index contributed by atoms with van der Waals surface area (Å²) >= 11 is 0. The normalized spacial score (nSPS) is 34.9. The molecule has 0 radical (unpaired) electrons. The maximum atomic E-state index is 12.1. The molecule has 0 aliphatic heterocycles. The number of hydrogen-bond acceptors (Lipinski definition) is 3. The van der Waals surface area contributed by atoms with Crippen LogP contribution in [0.2, 0.25) is 0 Å². The lowest BCUT2D eigenvalue weighted by Crippen LogP contribution is -2.44. The summed E-state index contributed by atoms with van der Waals surface area (Å²) in [6, 6.07) is -0.778. The average Bonchev–Trinajstić information content (AvgIpc) is 2.72. The molecular formula is C16H24FNO3. The molecule has 5 heteroatoms. The van der Waals surface area contributed by atoms with Crippen LogP contribution in [0, 0.1) is 16.7 Å². The van der Waals surface area contributed by atoms with Crippen molar-refractivity contribution in [3.05, 3.63) is 12.4 Å². The van der Waals surface area contributed by atoms with E-state index in [4.69, 9.17) is 4.74 Å². The first-order valence-corrected chi connectivity index (χ1v) is 7.50. The molecule has 2 aliphatic rings. The third kappa shape index (κ3) is 2.58. The summed E-state index contributed by atoms with van der Waals surface area (Å²) in [4.78, 5) is 23.4. The van der Waals surface area contributed by atoms with Gasteiger partial charge in [0.05, 0.1) is 6.33 Å². The fraction of sp³-hybridized carbons (Fsp3) is 0.750. The third-order valence-corrected chi connectivity index (χ3v) is 5.90. The Morgan fingerprint density at radius 2 is 2.05 bits per heavy atom. The SMILES string of the molecule is C[C@H](NC(=O)C=CF)C(=O)OC1CC2CCC1(C)C2(C)C. The van der Waals surface area contributed by atoms with E-state index in [0.29, 0.717) is 5.92 Å². The van der Waals surface area contributed by atoms with Crippen LogP contribution in [-0.2, 0) is 14.3 Å². The first-order chi connectivity index (χ1) is 9.72. The van der Waals surface area contributed by atoms with Crippen molar-refractivity contribution in [3.8, 4) is 0 Å². The van der Waals surface area contributed by atoms with Crippen LogP contribution < -0.4 is 5.32 Å². The summed E-state index contributed by atoms with van der Waals surface area (Å²) in [6.07, 6.45) is 3.92. The van der Waals surface area contributed by atoms with Gasteiger partial charge in [-0.2, -0.15) is 0 Å².